The molecule has 0 aliphatic carbocycles. The molecule has 1 amide bonds. The van der Waals surface area contributed by atoms with Crippen LogP contribution in [0, 0.1) is 21.4 Å². The zero-order chi connectivity index (χ0) is 13.8. The minimum atomic E-state index is -0.462. The third-order valence-corrected chi connectivity index (χ3v) is 2.64. The lowest BCUT2D eigenvalue weighted by Crippen LogP contribution is -2.27. The number of carbonyl (C=O) groups excluding carboxylic acids is 1. The number of hydrogen-bond donors (Lipinski definition) is 1. The van der Waals surface area contributed by atoms with E-state index in [4.69, 9.17) is 5.26 Å². The predicted molar refractivity (Wildman–Crippen MR) is 67.2 cm³/mol. The molecule has 0 unspecified atom stereocenters. The molecule has 0 spiro atoms. The molecule has 96 valence electrons. The van der Waals surface area contributed by atoms with Gasteiger partial charge in [0.25, 0.3) is 5.69 Å². The molecule has 0 bridgehead atoms. The standard InChI is InChI=1S/C12H10N4O3/c13-4-5-14-12(17)8-15-6-3-9-7-10(16(18)19)1-2-11(9)15/h1-3,6-7H,5,8H2,(H,14,17). The predicted octanol–water partition coefficient (Wildman–Crippen LogP) is 1.19. The normalized spacial score (nSPS) is 10.1. The Morgan fingerprint density at radius 2 is 2.26 bits per heavy atom. The van der Waals surface area contributed by atoms with E-state index < -0.39 is 4.92 Å². The Balaban J connectivity index is 2.24. The van der Waals surface area contributed by atoms with Gasteiger partial charge in [-0.2, -0.15) is 5.26 Å². The topological polar surface area (TPSA) is 101 Å². The van der Waals surface area contributed by atoms with Crippen LogP contribution in [0.3, 0.4) is 0 Å². The maximum absolute atomic E-state index is 11.5. The number of amides is 1. The molecule has 0 atom stereocenters. The molecular weight excluding hydrogens is 248 g/mol. The second-order valence-corrected chi connectivity index (χ2v) is 3.88. The lowest BCUT2D eigenvalue weighted by molar-refractivity contribution is -0.384. The van der Waals surface area contributed by atoms with Crippen molar-refractivity contribution in [2.24, 2.45) is 0 Å². The van der Waals surface area contributed by atoms with Crippen molar-refractivity contribution < 1.29 is 9.72 Å². The Morgan fingerprint density at radius 1 is 1.47 bits per heavy atom. The molecule has 2 rings (SSSR count). The van der Waals surface area contributed by atoms with E-state index >= 15 is 0 Å². The fraction of sp³-hybridized carbons (Fsp3) is 0.167. The third kappa shape index (κ3) is 2.69. The van der Waals surface area contributed by atoms with Crippen LogP contribution in [0.25, 0.3) is 10.9 Å². The van der Waals surface area contributed by atoms with E-state index in [-0.39, 0.29) is 24.7 Å². The number of non-ortho nitro benzene ring substituents is 1. The number of nitro benzene ring substituents is 1. The van der Waals surface area contributed by atoms with Crippen LogP contribution in [-0.4, -0.2) is 21.9 Å². The molecule has 0 fully saturated rings. The van der Waals surface area contributed by atoms with Crippen LogP contribution in [0.15, 0.2) is 30.5 Å². The van der Waals surface area contributed by atoms with Crippen molar-refractivity contribution in [3.8, 4) is 6.07 Å². The van der Waals surface area contributed by atoms with Crippen molar-refractivity contribution in [2.75, 3.05) is 6.54 Å². The second-order valence-electron chi connectivity index (χ2n) is 3.88. The smallest absolute Gasteiger partial charge is 0.270 e. The van der Waals surface area contributed by atoms with Crippen molar-refractivity contribution in [2.45, 2.75) is 6.54 Å². The summed E-state index contributed by atoms with van der Waals surface area (Å²) < 4.78 is 1.67. The molecule has 7 heteroatoms. The van der Waals surface area contributed by atoms with Gasteiger partial charge in [0.05, 0.1) is 11.0 Å². The van der Waals surface area contributed by atoms with Gasteiger partial charge in [-0.25, -0.2) is 0 Å². The molecule has 7 nitrogen and oxygen atoms in total. The molecule has 1 N–H and O–H groups in total. The molecule has 0 aliphatic heterocycles. The Labute approximate surface area is 108 Å². The molecule has 0 saturated carbocycles. The van der Waals surface area contributed by atoms with Gasteiger partial charge in [-0.05, 0) is 12.1 Å². The summed E-state index contributed by atoms with van der Waals surface area (Å²) in [6.45, 7) is 0.0342. The first kappa shape index (κ1) is 12.6. The van der Waals surface area contributed by atoms with Gasteiger partial charge in [0.1, 0.15) is 13.1 Å². The summed E-state index contributed by atoms with van der Waals surface area (Å²) in [5.74, 6) is -0.280. The molecule has 0 radical (unpaired) electrons. The average Bonchev–Trinajstić information content (AvgIpc) is 2.78. The number of benzene rings is 1. The Kier molecular flexibility index (Phi) is 3.43. The third-order valence-electron chi connectivity index (χ3n) is 2.64. The molecule has 0 aliphatic rings. The fourth-order valence-electron chi connectivity index (χ4n) is 1.79. The van der Waals surface area contributed by atoms with E-state index in [1.807, 2.05) is 6.07 Å². The number of nitrogens with one attached hydrogen (secondary N) is 1. The first-order valence-corrected chi connectivity index (χ1v) is 5.49. The van der Waals surface area contributed by atoms with Gasteiger partial charge in [-0.1, -0.05) is 0 Å². The highest BCUT2D eigenvalue weighted by Crippen LogP contribution is 2.21. The lowest BCUT2D eigenvalue weighted by atomic mass is 10.2. The SMILES string of the molecule is N#CCNC(=O)Cn1ccc2cc([N+](=O)[O-])ccc21. The van der Waals surface area contributed by atoms with Gasteiger partial charge >= 0.3 is 0 Å². The molecule has 2 aromatic rings. The minimum Gasteiger partial charge on any atom is -0.341 e. The fourth-order valence-corrected chi connectivity index (χ4v) is 1.79. The van der Waals surface area contributed by atoms with E-state index in [2.05, 4.69) is 5.32 Å². The molecule has 1 heterocycles. The largest absolute Gasteiger partial charge is 0.341 e. The van der Waals surface area contributed by atoms with Crippen LogP contribution in [0.5, 0.6) is 0 Å². The van der Waals surface area contributed by atoms with Crippen molar-refractivity contribution in [3.63, 3.8) is 0 Å². The number of rotatable bonds is 4. The van der Waals surface area contributed by atoms with Gasteiger partial charge < -0.3 is 9.88 Å². The minimum absolute atomic E-state index is 0.0131. The summed E-state index contributed by atoms with van der Waals surface area (Å²) in [5.41, 5.74) is 0.747. The molecular formula is C12H10N4O3. The van der Waals surface area contributed by atoms with Crippen LogP contribution in [0.2, 0.25) is 0 Å². The van der Waals surface area contributed by atoms with Crippen molar-refractivity contribution in [1.82, 2.24) is 9.88 Å². The van der Waals surface area contributed by atoms with Gasteiger partial charge in [-0.15, -0.1) is 0 Å². The molecule has 19 heavy (non-hydrogen) atoms. The van der Waals surface area contributed by atoms with Crippen LogP contribution in [0.1, 0.15) is 0 Å². The number of aromatic nitrogens is 1. The highest BCUT2D eigenvalue weighted by molar-refractivity contribution is 5.85. The Morgan fingerprint density at radius 3 is 2.95 bits per heavy atom. The quantitative estimate of drug-likeness (QED) is 0.505. The monoisotopic (exact) mass is 258 g/mol. The first-order valence-electron chi connectivity index (χ1n) is 5.49. The molecule has 0 saturated heterocycles. The van der Waals surface area contributed by atoms with Gasteiger partial charge in [0, 0.05) is 29.2 Å². The van der Waals surface area contributed by atoms with Gasteiger partial charge in [0.15, 0.2) is 0 Å². The van der Waals surface area contributed by atoms with E-state index in [9.17, 15) is 14.9 Å². The number of fused-ring (bicyclic) bond motifs is 1. The van der Waals surface area contributed by atoms with Crippen LogP contribution in [0.4, 0.5) is 5.69 Å². The summed E-state index contributed by atoms with van der Waals surface area (Å²) in [5, 5.41) is 22.1. The maximum Gasteiger partial charge on any atom is 0.270 e. The Hall–Kier alpha value is -2.88. The molecule has 1 aromatic carbocycles. The number of carbonyl (C=O) groups is 1. The highest BCUT2D eigenvalue weighted by atomic mass is 16.6. The summed E-state index contributed by atoms with van der Waals surface area (Å²) in [7, 11) is 0. The highest BCUT2D eigenvalue weighted by Gasteiger charge is 2.10. The van der Waals surface area contributed by atoms with E-state index in [1.54, 1.807) is 22.9 Å². The van der Waals surface area contributed by atoms with Crippen molar-refractivity contribution in [1.29, 1.82) is 5.26 Å². The second kappa shape index (κ2) is 5.18. The van der Waals surface area contributed by atoms with Crippen molar-refractivity contribution >= 4 is 22.5 Å². The van der Waals surface area contributed by atoms with Crippen LogP contribution in [-0.2, 0) is 11.3 Å². The number of nitriles is 1. The Bertz CT molecular complexity index is 684. The lowest BCUT2D eigenvalue weighted by Gasteiger charge is -2.04. The number of nitro groups is 1. The summed E-state index contributed by atoms with van der Waals surface area (Å²) in [6.07, 6.45) is 1.68. The summed E-state index contributed by atoms with van der Waals surface area (Å²) in [6, 6.07) is 7.98. The maximum atomic E-state index is 11.5. The van der Waals surface area contributed by atoms with Crippen LogP contribution < -0.4 is 5.32 Å². The summed E-state index contributed by atoms with van der Waals surface area (Å²) >= 11 is 0. The van der Waals surface area contributed by atoms with E-state index in [0.717, 1.165) is 5.52 Å². The first-order chi connectivity index (χ1) is 9.11. The van der Waals surface area contributed by atoms with Crippen molar-refractivity contribution in [3.05, 3.63) is 40.6 Å². The zero-order valence-electron chi connectivity index (χ0n) is 9.87. The van der Waals surface area contributed by atoms with Crippen LogP contribution >= 0.6 is 0 Å². The number of hydrogen-bond acceptors (Lipinski definition) is 4. The molecule has 1 aromatic heterocycles. The van der Waals surface area contributed by atoms with E-state index in [0.29, 0.717) is 5.39 Å². The average molecular weight is 258 g/mol. The van der Waals surface area contributed by atoms with E-state index in [1.165, 1.54) is 12.1 Å². The number of nitrogens with zero attached hydrogens (tertiary/aromatic N) is 3. The summed E-state index contributed by atoms with van der Waals surface area (Å²) in [4.78, 5) is 21.7. The van der Waals surface area contributed by atoms with Gasteiger partial charge in [-0.3, -0.25) is 14.9 Å². The zero-order valence-corrected chi connectivity index (χ0v) is 9.87. The van der Waals surface area contributed by atoms with Gasteiger partial charge in [0.2, 0.25) is 5.91 Å².